The number of nitrogens with two attached hydrogens (primary N) is 1. The molecule has 0 saturated heterocycles. The summed E-state index contributed by atoms with van der Waals surface area (Å²) >= 11 is 0. The van der Waals surface area contributed by atoms with E-state index in [0.29, 0.717) is 0 Å². The summed E-state index contributed by atoms with van der Waals surface area (Å²) in [7, 11) is 0. The van der Waals surface area contributed by atoms with Crippen LogP contribution in [-0.2, 0) is 0 Å². The number of nitrogen functional groups attached to an aromatic ring is 1. The minimum absolute atomic E-state index is 0.0618. The SMILES string of the molecule is Nc1ccc(-c2cc(F)c(F)c(F)c2)cc1OCC(F)(F)F. The molecule has 0 amide bonds. The lowest BCUT2D eigenvalue weighted by molar-refractivity contribution is -0.153. The number of alkyl halides is 3. The van der Waals surface area contributed by atoms with E-state index in [0.717, 1.165) is 18.2 Å². The topological polar surface area (TPSA) is 35.2 Å². The number of benzene rings is 2. The molecule has 0 spiro atoms. The summed E-state index contributed by atoms with van der Waals surface area (Å²) in [5, 5.41) is 0. The van der Waals surface area contributed by atoms with Crippen molar-refractivity contribution in [2.45, 2.75) is 6.18 Å². The van der Waals surface area contributed by atoms with Crippen molar-refractivity contribution in [2.75, 3.05) is 12.3 Å². The first-order chi connectivity index (χ1) is 10.2. The molecule has 0 heterocycles. The largest absolute Gasteiger partial charge is 0.482 e. The van der Waals surface area contributed by atoms with Gasteiger partial charge in [-0.25, -0.2) is 13.2 Å². The average Bonchev–Trinajstić information content (AvgIpc) is 2.42. The molecule has 0 unspecified atom stereocenters. The van der Waals surface area contributed by atoms with Gasteiger partial charge in [0.1, 0.15) is 5.75 Å². The van der Waals surface area contributed by atoms with E-state index in [1.165, 1.54) is 12.1 Å². The molecule has 0 radical (unpaired) electrons. The van der Waals surface area contributed by atoms with Gasteiger partial charge in [-0.15, -0.1) is 0 Å². The standard InChI is InChI=1S/C14H9F6NO/c15-9-3-8(4-10(16)13(9)17)7-1-2-11(21)12(5-7)22-6-14(18,19)20/h1-5H,6,21H2. The Balaban J connectivity index is 2.37. The molecule has 0 saturated carbocycles. The number of hydrogen-bond donors (Lipinski definition) is 1. The van der Waals surface area contributed by atoms with Crippen molar-refractivity contribution >= 4 is 5.69 Å². The number of ether oxygens (including phenoxy) is 1. The van der Waals surface area contributed by atoms with E-state index in [4.69, 9.17) is 5.73 Å². The van der Waals surface area contributed by atoms with Gasteiger partial charge in [0.05, 0.1) is 5.69 Å². The van der Waals surface area contributed by atoms with Gasteiger partial charge >= 0.3 is 6.18 Å². The number of hydrogen-bond acceptors (Lipinski definition) is 2. The van der Waals surface area contributed by atoms with Crippen LogP contribution in [-0.4, -0.2) is 12.8 Å². The highest BCUT2D eigenvalue weighted by Crippen LogP contribution is 2.31. The van der Waals surface area contributed by atoms with Crippen molar-refractivity contribution in [3.8, 4) is 16.9 Å². The molecule has 8 heteroatoms. The first kappa shape index (κ1) is 16.0. The summed E-state index contributed by atoms with van der Waals surface area (Å²) in [6.45, 7) is -1.56. The Kier molecular flexibility index (Phi) is 4.20. The fourth-order valence-corrected chi connectivity index (χ4v) is 1.72. The molecule has 22 heavy (non-hydrogen) atoms. The summed E-state index contributed by atoms with van der Waals surface area (Å²) in [4.78, 5) is 0. The smallest absolute Gasteiger partial charge is 0.422 e. The first-order valence-corrected chi connectivity index (χ1v) is 5.91. The van der Waals surface area contributed by atoms with Crippen LogP contribution in [0.2, 0.25) is 0 Å². The van der Waals surface area contributed by atoms with Crippen LogP contribution in [0.25, 0.3) is 11.1 Å². The van der Waals surface area contributed by atoms with Gasteiger partial charge in [0, 0.05) is 0 Å². The van der Waals surface area contributed by atoms with Gasteiger partial charge in [-0.3, -0.25) is 0 Å². The molecule has 0 atom stereocenters. The second-order valence-electron chi connectivity index (χ2n) is 4.41. The average molecular weight is 321 g/mol. The summed E-state index contributed by atoms with van der Waals surface area (Å²) in [5.41, 5.74) is 5.47. The van der Waals surface area contributed by atoms with Crippen LogP contribution >= 0.6 is 0 Å². The third kappa shape index (κ3) is 3.63. The molecule has 2 rings (SSSR count). The number of rotatable bonds is 3. The highest BCUT2D eigenvalue weighted by molar-refractivity contribution is 5.70. The van der Waals surface area contributed by atoms with Crippen molar-refractivity contribution in [1.82, 2.24) is 0 Å². The van der Waals surface area contributed by atoms with E-state index >= 15 is 0 Å². The van der Waals surface area contributed by atoms with Crippen LogP contribution in [0.3, 0.4) is 0 Å². The van der Waals surface area contributed by atoms with Gasteiger partial charge in [-0.2, -0.15) is 13.2 Å². The van der Waals surface area contributed by atoms with Crippen LogP contribution in [0.4, 0.5) is 32.0 Å². The van der Waals surface area contributed by atoms with Gasteiger partial charge in [0.25, 0.3) is 0 Å². The highest BCUT2D eigenvalue weighted by Gasteiger charge is 2.28. The van der Waals surface area contributed by atoms with E-state index in [9.17, 15) is 26.3 Å². The molecule has 2 aromatic rings. The lowest BCUT2D eigenvalue weighted by atomic mass is 10.0. The van der Waals surface area contributed by atoms with Gasteiger partial charge in [-0.05, 0) is 35.4 Å². The summed E-state index contributed by atoms with van der Waals surface area (Å²) in [5.74, 6) is -4.75. The van der Waals surface area contributed by atoms with Gasteiger partial charge in [0.2, 0.25) is 0 Å². The number of halogens is 6. The molecule has 0 bridgehead atoms. The van der Waals surface area contributed by atoms with Crippen molar-refractivity contribution < 1.29 is 31.1 Å². The van der Waals surface area contributed by atoms with Crippen LogP contribution < -0.4 is 10.5 Å². The molecule has 0 aliphatic rings. The Morgan fingerprint density at radius 2 is 1.50 bits per heavy atom. The van der Waals surface area contributed by atoms with Gasteiger partial charge < -0.3 is 10.5 Å². The van der Waals surface area contributed by atoms with E-state index in [1.54, 1.807) is 0 Å². The minimum atomic E-state index is -4.56. The second-order valence-corrected chi connectivity index (χ2v) is 4.41. The van der Waals surface area contributed by atoms with Crippen molar-refractivity contribution in [2.24, 2.45) is 0 Å². The molecular formula is C14H9F6NO. The Morgan fingerprint density at radius 3 is 2.05 bits per heavy atom. The zero-order valence-corrected chi connectivity index (χ0v) is 10.8. The van der Waals surface area contributed by atoms with Crippen LogP contribution in [0, 0.1) is 17.5 Å². The molecule has 0 aliphatic heterocycles. The van der Waals surface area contributed by atoms with E-state index in [-0.39, 0.29) is 22.6 Å². The van der Waals surface area contributed by atoms with E-state index < -0.39 is 30.2 Å². The zero-order valence-electron chi connectivity index (χ0n) is 10.8. The maximum Gasteiger partial charge on any atom is 0.422 e. The molecule has 0 fully saturated rings. The Morgan fingerprint density at radius 1 is 0.909 bits per heavy atom. The maximum atomic E-state index is 13.2. The lowest BCUT2D eigenvalue weighted by Crippen LogP contribution is -2.19. The Labute approximate surface area is 121 Å². The maximum absolute atomic E-state index is 13.2. The minimum Gasteiger partial charge on any atom is -0.482 e. The molecule has 118 valence electrons. The van der Waals surface area contributed by atoms with Crippen molar-refractivity contribution in [3.05, 3.63) is 47.8 Å². The second kappa shape index (κ2) is 5.78. The highest BCUT2D eigenvalue weighted by atomic mass is 19.4. The number of anilines is 1. The van der Waals surface area contributed by atoms with Crippen molar-refractivity contribution in [3.63, 3.8) is 0 Å². The summed E-state index contributed by atoms with van der Waals surface area (Å²) < 4.78 is 80.2. The molecule has 0 aliphatic carbocycles. The molecule has 0 aromatic heterocycles. The molecule has 2 N–H and O–H groups in total. The van der Waals surface area contributed by atoms with Crippen LogP contribution in [0.5, 0.6) is 5.75 Å². The van der Waals surface area contributed by atoms with Crippen LogP contribution in [0.15, 0.2) is 30.3 Å². The normalized spacial score (nSPS) is 11.5. The van der Waals surface area contributed by atoms with Gasteiger partial charge in [0.15, 0.2) is 24.1 Å². The predicted octanol–water partition coefficient (Wildman–Crippen LogP) is 4.29. The summed E-state index contributed by atoms with van der Waals surface area (Å²) in [6.07, 6.45) is -4.56. The molecular weight excluding hydrogens is 312 g/mol. The zero-order chi connectivity index (χ0) is 16.5. The first-order valence-electron chi connectivity index (χ1n) is 5.91. The fraction of sp³-hybridized carbons (Fsp3) is 0.143. The lowest BCUT2D eigenvalue weighted by Gasteiger charge is -2.13. The Bertz CT molecular complexity index is 675. The summed E-state index contributed by atoms with van der Waals surface area (Å²) in [6, 6.07) is 5.07. The predicted molar refractivity (Wildman–Crippen MR) is 67.7 cm³/mol. The fourth-order valence-electron chi connectivity index (χ4n) is 1.72. The molecule has 2 aromatic carbocycles. The quantitative estimate of drug-likeness (QED) is 0.520. The van der Waals surface area contributed by atoms with Crippen molar-refractivity contribution in [1.29, 1.82) is 0 Å². The van der Waals surface area contributed by atoms with E-state index in [2.05, 4.69) is 4.74 Å². The van der Waals surface area contributed by atoms with Gasteiger partial charge in [-0.1, -0.05) is 6.07 Å². The Hall–Kier alpha value is -2.38. The third-order valence-electron chi connectivity index (χ3n) is 2.72. The van der Waals surface area contributed by atoms with Crippen LogP contribution in [0.1, 0.15) is 0 Å². The third-order valence-corrected chi connectivity index (χ3v) is 2.72. The monoisotopic (exact) mass is 321 g/mol. The van der Waals surface area contributed by atoms with E-state index in [1.807, 2.05) is 0 Å². The molecule has 2 nitrogen and oxygen atoms in total.